The van der Waals surface area contributed by atoms with Gasteiger partial charge >= 0.3 is 18.1 Å². The van der Waals surface area contributed by atoms with Crippen molar-refractivity contribution < 1.29 is 32.2 Å². The van der Waals surface area contributed by atoms with E-state index in [-0.39, 0.29) is 0 Å². The van der Waals surface area contributed by atoms with Gasteiger partial charge in [-0.25, -0.2) is 0 Å². The molecule has 0 amide bonds. The maximum atomic E-state index is 12.3. The Morgan fingerprint density at radius 1 is 0.944 bits per heavy atom. The molecule has 0 N–H and O–H groups in total. The van der Waals surface area contributed by atoms with E-state index < -0.39 is 42.7 Å². The van der Waals surface area contributed by atoms with Crippen molar-refractivity contribution in [2.45, 2.75) is 52.5 Å². The zero-order chi connectivity index (χ0) is 14.5. The average Bonchev–Trinajstić information content (AvgIpc) is 2.09. The predicted octanol–water partition coefficient (Wildman–Crippen LogP) is 2.46. The lowest BCUT2D eigenvalue weighted by atomic mass is 10.1. The molecule has 0 bridgehead atoms. The number of hydrogen-bond acceptors (Lipinski definition) is 4. The fourth-order valence-electron chi connectivity index (χ4n) is 1.12. The number of carbonyl (C=O) groups is 2. The first kappa shape index (κ1) is 16.7. The number of ether oxygens (including phenoxy) is 2. The Hall–Kier alpha value is -1.27. The summed E-state index contributed by atoms with van der Waals surface area (Å²) in [6.07, 6.45) is -7.42. The van der Waals surface area contributed by atoms with Crippen molar-refractivity contribution in [2.24, 2.45) is 5.92 Å². The predicted molar refractivity (Wildman–Crippen MR) is 56.6 cm³/mol. The summed E-state index contributed by atoms with van der Waals surface area (Å²) in [7, 11) is 0. The maximum Gasteiger partial charge on any atom is 0.390 e. The minimum Gasteiger partial charge on any atom is -0.462 e. The maximum absolute atomic E-state index is 12.3. The van der Waals surface area contributed by atoms with Crippen LogP contribution < -0.4 is 0 Å². The van der Waals surface area contributed by atoms with E-state index in [1.807, 2.05) is 0 Å². The third-order valence-electron chi connectivity index (χ3n) is 1.71. The highest BCUT2D eigenvalue weighted by atomic mass is 19.4. The molecule has 7 heteroatoms. The van der Waals surface area contributed by atoms with Crippen LogP contribution in [0.2, 0.25) is 0 Å². The van der Waals surface area contributed by atoms with E-state index in [2.05, 4.69) is 9.47 Å². The zero-order valence-corrected chi connectivity index (χ0v) is 10.7. The van der Waals surface area contributed by atoms with Gasteiger partial charge in [0.15, 0.2) is 5.92 Å². The molecule has 0 aliphatic carbocycles. The van der Waals surface area contributed by atoms with E-state index >= 15 is 0 Å². The second-order valence-electron chi connectivity index (χ2n) is 4.34. The van der Waals surface area contributed by atoms with Crippen molar-refractivity contribution in [3.63, 3.8) is 0 Å². The van der Waals surface area contributed by atoms with Crippen molar-refractivity contribution >= 4 is 11.9 Å². The largest absolute Gasteiger partial charge is 0.462 e. The summed E-state index contributed by atoms with van der Waals surface area (Å²) in [4.78, 5) is 22.9. The van der Waals surface area contributed by atoms with E-state index in [9.17, 15) is 22.8 Å². The molecule has 0 saturated heterocycles. The highest BCUT2D eigenvalue weighted by Gasteiger charge is 2.41. The SMILES string of the molecule is CC(C)OC(=O)C(CC(F)(F)F)C(=O)OC(C)C. The minimum atomic E-state index is -4.64. The summed E-state index contributed by atoms with van der Waals surface area (Å²) >= 11 is 0. The summed E-state index contributed by atoms with van der Waals surface area (Å²) < 4.78 is 46.1. The molecule has 0 fully saturated rings. The molecule has 0 aromatic rings. The number of alkyl halides is 3. The van der Waals surface area contributed by atoms with Crippen LogP contribution in [0.4, 0.5) is 13.2 Å². The van der Waals surface area contributed by atoms with Crippen LogP contribution in [0.25, 0.3) is 0 Å². The van der Waals surface area contributed by atoms with E-state index in [1.54, 1.807) is 0 Å². The molecular weight excluding hydrogens is 253 g/mol. The molecule has 4 nitrogen and oxygen atoms in total. The first-order chi connectivity index (χ1) is 8.03. The van der Waals surface area contributed by atoms with Crippen molar-refractivity contribution in [1.29, 1.82) is 0 Å². The van der Waals surface area contributed by atoms with Gasteiger partial charge in [0.05, 0.1) is 18.6 Å². The second kappa shape index (κ2) is 6.61. The molecule has 0 aliphatic rings. The molecule has 0 heterocycles. The molecule has 0 saturated carbocycles. The lowest BCUT2D eigenvalue weighted by Gasteiger charge is -2.19. The number of carbonyl (C=O) groups excluding carboxylic acids is 2. The van der Waals surface area contributed by atoms with Crippen LogP contribution in [0, 0.1) is 5.92 Å². The van der Waals surface area contributed by atoms with Gasteiger partial charge in [0.1, 0.15) is 0 Å². The first-order valence-electron chi connectivity index (χ1n) is 5.50. The standard InChI is InChI=1S/C11H17F3O4/c1-6(2)17-9(15)8(5-11(12,13)14)10(16)18-7(3)4/h6-8H,5H2,1-4H3. The van der Waals surface area contributed by atoms with Gasteiger partial charge in [-0.05, 0) is 27.7 Å². The number of rotatable bonds is 5. The lowest BCUT2D eigenvalue weighted by Crippen LogP contribution is -2.34. The van der Waals surface area contributed by atoms with Gasteiger partial charge in [-0.2, -0.15) is 13.2 Å². The highest BCUT2D eigenvalue weighted by molar-refractivity contribution is 5.95. The Morgan fingerprint density at radius 2 is 1.28 bits per heavy atom. The molecule has 0 aliphatic heterocycles. The molecule has 0 atom stereocenters. The van der Waals surface area contributed by atoms with Crippen molar-refractivity contribution in [2.75, 3.05) is 0 Å². The van der Waals surface area contributed by atoms with Crippen LogP contribution in [0.3, 0.4) is 0 Å². The minimum absolute atomic E-state index is 0.597. The quantitative estimate of drug-likeness (QED) is 0.569. The van der Waals surface area contributed by atoms with Crippen LogP contribution in [-0.4, -0.2) is 30.3 Å². The Morgan fingerprint density at radius 3 is 1.50 bits per heavy atom. The fraction of sp³-hybridized carbons (Fsp3) is 0.818. The van der Waals surface area contributed by atoms with Gasteiger partial charge in [0, 0.05) is 0 Å². The molecule has 0 rings (SSSR count). The van der Waals surface area contributed by atoms with E-state index in [0.29, 0.717) is 0 Å². The van der Waals surface area contributed by atoms with Crippen LogP contribution in [-0.2, 0) is 19.1 Å². The topological polar surface area (TPSA) is 52.6 Å². The molecule has 106 valence electrons. The van der Waals surface area contributed by atoms with Crippen LogP contribution >= 0.6 is 0 Å². The third-order valence-corrected chi connectivity index (χ3v) is 1.71. The molecular formula is C11H17F3O4. The van der Waals surface area contributed by atoms with E-state index in [1.165, 1.54) is 27.7 Å². The van der Waals surface area contributed by atoms with Gasteiger partial charge in [0.25, 0.3) is 0 Å². The molecule has 0 spiro atoms. The molecule has 0 aromatic carbocycles. The smallest absolute Gasteiger partial charge is 0.390 e. The van der Waals surface area contributed by atoms with Crippen LogP contribution in [0.1, 0.15) is 34.1 Å². The van der Waals surface area contributed by atoms with Crippen LogP contribution in [0.15, 0.2) is 0 Å². The molecule has 0 unspecified atom stereocenters. The normalized spacial score (nSPS) is 12.1. The monoisotopic (exact) mass is 270 g/mol. The Labute approximate surface area is 103 Å². The average molecular weight is 270 g/mol. The van der Waals surface area contributed by atoms with Gasteiger partial charge < -0.3 is 9.47 Å². The summed E-state index contributed by atoms with van der Waals surface area (Å²) in [5.74, 6) is -4.39. The number of halogens is 3. The van der Waals surface area contributed by atoms with E-state index in [0.717, 1.165) is 0 Å². The molecule has 0 radical (unpaired) electrons. The van der Waals surface area contributed by atoms with Gasteiger partial charge in [-0.15, -0.1) is 0 Å². The number of esters is 2. The Bertz CT molecular complexity index is 275. The van der Waals surface area contributed by atoms with Crippen LogP contribution in [0.5, 0.6) is 0 Å². The fourth-order valence-corrected chi connectivity index (χ4v) is 1.12. The molecule has 18 heavy (non-hydrogen) atoms. The van der Waals surface area contributed by atoms with Gasteiger partial charge in [0.2, 0.25) is 0 Å². The summed E-state index contributed by atoms with van der Waals surface area (Å²) in [5.41, 5.74) is 0. The zero-order valence-electron chi connectivity index (χ0n) is 10.7. The van der Waals surface area contributed by atoms with Gasteiger partial charge in [-0.3, -0.25) is 9.59 Å². The number of hydrogen-bond donors (Lipinski definition) is 0. The van der Waals surface area contributed by atoms with E-state index in [4.69, 9.17) is 0 Å². The summed E-state index contributed by atoms with van der Waals surface area (Å²) in [6, 6.07) is 0. The highest BCUT2D eigenvalue weighted by Crippen LogP contribution is 2.27. The Kier molecular flexibility index (Phi) is 6.14. The third kappa shape index (κ3) is 7.13. The summed E-state index contributed by atoms with van der Waals surface area (Å²) in [6.45, 7) is 5.93. The van der Waals surface area contributed by atoms with Crippen molar-refractivity contribution in [1.82, 2.24) is 0 Å². The van der Waals surface area contributed by atoms with Crippen molar-refractivity contribution in [3.05, 3.63) is 0 Å². The Balaban J connectivity index is 4.82. The lowest BCUT2D eigenvalue weighted by molar-refractivity contribution is -0.183. The first-order valence-corrected chi connectivity index (χ1v) is 5.50. The van der Waals surface area contributed by atoms with Crippen molar-refractivity contribution in [3.8, 4) is 0 Å². The second-order valence-corrected chi connectivity index (χ2v) is 4.34. The summed E-state index contributed by atoms with van der Waals surface area (Å²) in [5, 5.41) is 0. The molecule has 0 aromatic heterocycles. The van der Waals surface area contributed by atoms with Gasteiger partial charge in [-0.1, -0.05) is 0 Å².